The van der Waals surface area contributed by atoms with E-state index < -0.39 is 20.0 Å². The molecule has 2 bridgehead atoms. The lowest BCUT2D eigenvalue weighted by molar-refractivity contribution is 0.401. The number of aromatic nitrogens is 1. The van der Waals surface area contributed by atoms with Gasteiger partial charge in [-0.1, -0.05) is 42.0 Å². The van der Waals surface area contributed by atoms with Gasteiger partial charge in [0, 0.05) is 62.5 Å². The van der Waals surface area contributed by atoms with Gasteiger partial charge in [0.1, 0.15) is 0 Å². The van der Waals surface area contributed by atoms with Gasteiger partial charge < -0.3 is 4.98 Å². The van der Waals surface area contributed by atoms with E-state index in [1.807, 2.05) is 13.8 Å². The average molecular weight is 623 g/mol. The fourth-order valence-electron chi connectivity index (χ4n) is 4.26. The Balaban J connectivity index is 0.00000400. The second-order valence-corrected chi connectivity index (χ2v) is 13.3. The predicted molar refractivity (Wildman–Crippen MR) is 154 cm³/mol. The molecule has 2 heterocycles. The van der Waals surface area contributed by atoms with Crippen molar-refractivity contribution < 1.29 is 16.8 Å². The van der Waals surface area contributed by atoms with Gasteiger partial charge in [-0.05, 0) is 43.7 Å². The SMILES string of the molecule is Br.C=C1CN(S(=O)(=O)c2ccc(C)cc2)CCc2cc(=O)cc([nH]2)CCN(S(=O)(=O)c2ccc(C)cc2)C1. The van der Waals surface area contributed by atoms with Crippen molar-refractivity contribution in [2.75, 3.05) is 26.2 Å². The highest BCUT2D eigenvalue weighted by Gasteiger charge is 2.29. The molecule has 0 saturated carbocycles. The van der Waals surface area contributed by atoms with E-state index in [0.29, 0.717) is 29.8 Å². The molecule has 4 rings (SSSR count). The Hall–Kier alpha value is -2.57. The van der Waals surface area contributed by atoms with Crippen molar-refractivity contribution in [3.05, 3.63) is 106 Å². The molecule has 0 radical (unpaired) electrons. The molecule has 1 N–H and O–H groups in total. The van der Waals surface area contributed by atoms with E-state index >= 15 is 0 Å². The van der Waals surface area contributed by atoms with Crippen molar-refractivity contribution in [1.82, 2.24) is 13.6 Å². The molecule has 8 nitrogen and oxygen atoms in total. The summed E-state index contributed by atoms with van der Waals surface area (Å²) >= 11 is 0. The average Bonchev–Trinajstić information content (AvgIpc) is 2.83. The molecule has 204 valence electrons. The molecule has 0 atom stereocenters. The molecule has 1 aliphatic heterocycles. The highest BCUT2D eigenvalue weighted by molar-refractivity contribution is 8.93. The zero-order valence-corrected chi connectivity index (χ0v) is 24.7. The summed E-state index contributed by atoms with van der Waals surface area (Å²) in [6, 6.07) is 16.0. The van der Waals surface area contributed by atoms with E-state index in [9.17, 15) is 21.6 Å². The Morgan fingerprint density at radius 1 is 0.711 bits per heavy atom. The number of sulfonamides is 2. The van der Waals surface area contributed by atoms with Gasteiger partial charge in [-0.25, -0.2) is 16.8 Å². The molecule has 0 amide bonds. The number of halogens is 1. The number of aromatic amines is 1. The quantitative estimate of drug-likeness (QED) is 0.448. The minimum absolute atomic E-state index is 0. The topological polar surface area (TPSA) is 108 Å². The van der Waals surface area contributed by atoms with Gasteiger partial charge in [0.2, 0.25) is 20.0 Å². The summed E-state index contributed by atoms with van der Waals surface area (Å²) in [4.78, 5) is 15.8. The second kappa shape index (κ2) is 12.1. The first-order valence-corrected chi connectivity index (χ1v) is 14.9. The Morgan fingerprint density at radius 2 is 1.08 bits per heavy atom. The highest BCUT2D eigenvalue weighted by atomic mass is 79.9. The Labute approximate surface area is 234 Å². The first kappa shape index (κ1) is 30.0. The standard InChI is InChI=1S/C27H31N3O5S2.BrH/c1-20-4-8-26(9-5-20)36(32,33)29-14-12-23-16-25(31)17-24(28-23)13-15-30(19-22(3)18-29)37(34,35)27-10-6-21(2)7-11-27;/h4-11,16-17H,3,12-15,18-19H2,1-2H3,(H,28,31);1H. The first-order chi connectivity index (χ1) is 17.4. The van der Waals surface area contributed by atoms with Crippen LogP contribution < -0.4 is 5.43 Å². The Kier molecular flexibility index (Phi) is 9.53. The fourth-order valence-corrected chi connectivity index (χ4v) is 7.18. The number of hydrogen-bond acceptors (Lipinski definition) is 5. The van der Waals surface area contributed by atoms with Crippen LogP contribution in [0.2, 0.25) is 0 Å². The predicted octanol–water partition coefficient (Wildman–Crippen LogP) is 3.61. The lowest BCUT2D eigenvalue weighted by Gasteiger charge is -2.28. The van der Waals surface area contributed by atoms with E-state index in [-0.39, 0.29) is 58.4 Å². The largest absolute Gasteiger partial charge is 0.362 e. The summed E-state index contributed by atoms with van der Waals surface area (Å²) in [5.41, 5.74) is 3.28. The number of benzene rings is 2. The molecule has 38 heavy (non-hydrogen) atoms. The summed E-state index contributed by atoms with van der Waals surface area (Å²) in [6.45, 7) is 7.89. The van der Waals surface area contributed by atoms with Crippen LogP contribution in [0.4, 0.5) is 0 Å². The zero-order chi connectivity index (χ0) is 26.8. The molecular weight excluding hydrogens is 590 g/mol. The molecule has 0 aliphatic carbocycles. The zero-order valence-electron chi connectivity index (χ0n) is 21.4. The second-order valence-electron chi connectivity index (χ2n) is 9.42. The lowest BCUT2D eigenvalue weighted by atomic mass is 10.2. The van der Waals surface area contributed by atoms with Crippen LogP contribution >= 0.6 is 17.0 Å². The maximum atomic E-state index is 13.6. The highest BCUT2D eigenvalue weighted by Crippen LogP contribution is 2.22. The number of nitrogens with zero attached hydrogens (tertiary/aromatic N) is 2. The van der Waals surface area contributed by atoms with Gasteiger partial charge in [0.15, 0.2) is 5.43 Å². The number of rotatable bonds is 4. The number of fused-ring (bicyclic) bond motifs is 2. The van der Waals surface area contributed by atoms with Crippen molar-refractivity contribution in [3.8, 4) is 0 Å². The van der Waals surface area contributed by atoms with Gasteiger partial charge in [-0.2, -0.15) is 8.61 Å². The molecule has 2 aromatic carbocycles. The lowest BCUT2D eigenvalue weighted by Crippen LogP contribution is -2.40. The Morgan fingerprint density at radius 3 is 1.45 bits per heavy atom. The van der Waals surface area contributed by atoms with Crippen molar-refractivity contribution in [2.45, 2.75) is 36.5 Å². The van der Waals surface area contributed by atoms with Crippen LogP contribution in [0.3, 0.4) is 0 Å². The summed E-state index contributed by atoms with van der Waals surface area (Å²) in [7, 11) is -7.80. The summed E-state index contributed by atoms with van der Waals surface area (Å²) in [5.74, 6) is 0. The molecule has 3 aromatic rings. The first-order valence-electron chi connectivity index (χ1n) is 12.0. The third-order valence-electron chi connectivity index (χ3n) is 6.33. The van der Waals surface area contributed by atoms with Crippen molar-refractivity contribution in [1.29, 1.82) is 0 Å². The van der Waals surface area contributed by atoms with E-state index in [0.717, 1.165) is 11.1 Å². The van der Waals surface area contributed by atoms with E-state index in [2.05, 4.69) is 11.6 Å². The van der Waals surface area contributed by atoms with Crippen LogP contribution in [0, 0.1) is 13.8 Å². The van der Waals surface area contributed by atoms with Crippen molar-refractivity contribution in [3.63, 3.8) is 0 Å². The Bertz CT molecular complexity index is 1450. The number of hydrogen-bond donors (Lipinski definition) is 1. The van der Waals surface area contributed by atoms with Crippen LogP contribution in [0.25, 0.3) is 0 Å². The summed E-state index contributed by atoms with van der Waals surface area (Å²) in [5, 5.41) is 0. The molecule has 1 aromatic heterocycles. The molecule has 0 fully saturated rings. The van der Waals surface area contributed by atoms with E-state index in [1.54, 1.807) is 48.5 Å². The van der Waals surface area contributed by atoms with Crippen LogP contribution in [0.5, 0.6) is 0 Å². The minimum Gasteiger partial charge on any atom is -0.362 e. The van der Waals surface area contributed by atoms with Gasteiger partial charge in [-0.15, -0.1) is 17.0 Å². The van der Waals surface area contributed by atoms with Crippen LogP contribution in [-0.4, -0.2) is 56.6 Å². The molecule has 1 aliphatic rings. The van der Waals surface area contributed by atoms with Crippen LogP contribution in [-0.2, 0) is 32.9 Å². The number of pyridine rings is 1. The normalized spacial score (nSPS) is 16.2. The molecule has 0 saturated heterocycles. The number of H-pyrrole nitrogens is 1. The van der Waals surface area contributed by atoms with Gasteiger partial charge in [0.25, 0.3) is 0 Å². The van der Waals surface area contributed by atoms with Crippen LogP contribution in [0.15, 0.2) is 87.4 Å². The molecule has 0 unspecified atom stereocenters. The van der Waals surface area contributed by atoms with Crippen LogP contribution in [0.1, 0.15) is 22.5 Å². The van der Waals surface area contributed by atoms with Gasteiger partial charge in [0.05, 0.1) is 9.79 Å². The van der Waals surface area contributed by atoms with E-state index in [4.69, 9.17) is 0 Å². The maximum absolute atomic E-state index is 13.6. The van der Waals surface area contributed by atoms with E-state index in [1.165, 1.54) is 20.7 Å². The third-order valence-corrected chi connectivity index (χ3v) is 10.1. The molecule has 11 heteroatoms. The smallest absolute Gasteiger partial charge is 0.243 e. The van der Waals surface area contributed by atoms with Gasteiger partial charge >= 0.3 is 0 Å². The monoisotopic (exact) mass is 621 g/mol. The number of nitrogens with one attached hydrogen (secondary N) is 1. The van der Waals surface area contributed by atoms with Gasteiger partial charge in [-0.3, -0.25) is 4.79 Å². The van der Waals surface area contributed by atoms with Crippen molar-refractivity contribution in [2.24, 2.45) is 0 Å². The number of aryl methyl sites for hydroxylation is 2. The third kappa shape index (κ3) is 6.89. The molecular formula is C27H32BrN3O5S2. The van der Waals surface area contributed by atoms with Crippen molar-refractivity contribution >= 4 is 37.0 Å². The maximum Gasteiger partial charge on any atom is 0.243 e. The summed E-state index contributed by atoms with van der Waals surface area (Å²) in [6.07, 6.45) is 0.597. The molecule has 0 spiro atoms. The minimum atomic E-state index is -3.90. The fraction of sp³-hybridized carbons (Fsp3) is 0.296. The summed E-state index contributed by atoms with van der Waals surface area (Å²) < 4.78 is 56.9.